The van der Waals surface area contributed by atoms with Crippen LogP contribution in [0.25, 0.3) is 0 Å². The molecule has 0 radical (unpaired) electrons. The summed E-state index contributed by atoms with van der Waals surface area (Å²) >= 11 is 0. The van der Waals surface area contributed by atoms with E-state index in [1.807, 2.05) is 35.4 Å². The molecule has 0 bridgehead atoms. The van der Waals surface area contributed by atoms with E-state index >= 15 is 0 Å². The van der Waals surface area contributed by atoms with Crippen LogP contribution in [0.15, 0.2) is 60.8 Å². The van der Waals surface area contributed by atoms with Gasteiger partial charge in [-0.1, -0.05) is 75.1 Å². The van der Waals surface area contributed by atoms with E-state index in [1.54, 1.807) is 20.4 Å². The minimum atomic E-state index is -0.556. The van der Waals surface area contributed by atoms with Crippen molar-refractivity contribution in [2.45, 2.75) is 77.0 Å². The number of aromatic hydroxyl groups is 1. The summed E-state index contributed by atoms with van der Waals surface area (Å²) in [5.41, 5.74) is 4.07. The molecule has 1 fully saturated rings. The van der Waals surface area contributed by atoms with Crippen LogP contribution < -0.4 is 9.80 Å². The number of nitrogens with zero attached hydrogens (tertiary/aromatic N) is 2. The highest BCUT2D eigenvalue weighted by molar-refractivity contribution is 5.62. The third kappa shape index (κ3) is 6.08. The molecule has 0 spiro atoms. The Bertz CT molecular complexity index is 1130. The van der Waals surface area contributed by atoms with Crippen LogP contribution in [-0.2, 0) is 34.7 Å². The number of aryl methyl sites for hydroxylation is 1. The largest absolute Gasteiger partial charge is 0.508 e. The molecule has 198 valence electrons. The van der Waals surface area contributed by atoms with Gasteiger partial charge in [-0.2, -0.15) is 0 Å². The van der Waals surface area contributed by atoms with Gasteiger partial charge >= 0.3 is 0 Å². The zero-order chi connectivity index (χ0) is 26.1. The second kappa shape index (κ2) is 12.9. The predicted octanol–water partition coefficient (Wildman–Crippen LogP) is 7.08. The van der Waals surface area contributed by atoms with Crippen LogP contribution >= 0.6 is 0 Å². The highest BCUT2D eigenvalue weighted by Gasteiger charge is 2.44. The fourth-order valence-electron chi connectivity index (χ4n) is 5.46. The third-order valence-electron chi connectivity index (χ3n) is 7.32. The number of methoxy groups -OCH3 is 2. The lowest BCUT2D eigenvalue weighted by Gasteiger charge is -2.47. The van der Waals surface area contributed by atoms with E-state index in [0.29, 0.717) is 30.4 Å². The summed E-state index contributed by atoms with van der Waals surface area (Å²) in [6.07, 6.45) is 9.92. The number of hydroxylamine groups is 1. The Balaban J connectivity index is 1.84. The number of unbranched alkanes of at least 4 members (excludes halogenated alkanes) is 1. The molecular formula is C31H40N2O4. The average Bonchev–Trinajstić information content (AvgIpc) is 2.93. The van der Waals surface area contributed by atoms with Gasteiger partial charge in [0.15, 0.2) is 5.75 Å². The lowest BCUT2D eigenvalue weighted by molar-refractivity contribution is 0.0181. The average molecular weight is 505 g/mol. The summed E-state index contributed by atoms with van der Waals surface area (Å²) in [5.74, 6) is 0.954. The van der Waals surface area contributed by atoms with Crippen LogP contribution in [0, 0.1) is 0 Å². The Morgan fingerprint density at radius 2 is 1.73 bits per heavy atom. The molecule has 1 N–H and O–H groups in total. The topological polar surface area (TPSA) is 64.1 Å². The number of anilines is 1. The Morgan fingerprint density at radius 3 is 2.41 bits per heavy atom. The summed E-state index contributed by atoms with van der Waals surface area (Å²) in [6.45, 7) is 2.91. The van der Waals surface area contributed by atoms with E-state index in [2.05, 4.69) is 36.2 Å². The summed E-state index contributed by atoms with van der Waals surface area (Å²) in [6, 6.07) is 18.3. The molecule has 6 nitrogen and oxygen atoms in total. The van der Waals surface area contributed by atoms with Gasteiger partial charge in [0, 0.05) is 18.9 Å². The first kappa shape index (κ1) is 27.0. The highest BCUT2D eigenvalue weighted by Crippen LogP contribution is 2.50. The van der Waals surface area contributed by atoms with Gasteiger partial charge in [0.1, 0.15) is 17.1 Å². The van der Waals surface area contributed by atoms with Crippen molar-refractivity contribution >= 4 is 5.69 Å². The van der Waals surface area contributed by atoms with E-state index in [-0.39, 0.29) is 0 Å². The second-order valence-corrected chi connectivity index (χ2v) is 9.84. The molecule has 4 rings (SSSR count). The molecule has 1 aliphatic rings. The number of hydrogen-bond donors (Lipinski definition) is 1. The Hall–Kier alpha value is -3.09. The zero-order valence-electron chi connectivity index (χ0n) is 22.4. The normalized spacial score (nSPS) is 14.9. The van der Waals surface area contributed by atoms with Gasteiger partial charge in [0.25, 0.3) is 0 Å². The number of phenols is 1. The molecule has 0 atom stereocenters. The third-order valence-corrected chi connectivity index (χ3v) is 7.32. The number of aromatic nitrogens is 1. The van der Waals surface area contributed by atoms with Gasteiger partial charge < -0.3 is 14.6 Å². The van der Waals surface area contributed by atoms with E-state index in [4.69, 9.17) is 14.3 Å². The lowest BCUT2D eigenvalue weighted by Crippen LogP contribution is -2.48. The Kier molecular flexibility index (Phi) is 9.42. The van der Waals surface area contributed by atoms with Gasteiger partial charge in [-0.05, 0) is 48.9 Å². The quantitative estimate of drug-likeness (QED) is 0.266. The van der Waals surface area contributed by atoms with Crippen LogP contribution in [0.1, 0.15) is 74.3 Å². The molecule has 6 heteroatoms. The maximum atomic E-state index is 11.4. The van der Waals surface area contributed by atoms with Crippen molar-refractivity contribution in [3.8, 4) is 11.5 Å². The number of benzene rings is 2. The Labute approximate surface area is 221 Å². The first-order valence-electron chi connectivity index (χ1n) is 13.4. The van der Waals surface area contributed by atoms with E-state index in [1.165, 1.54) is 0 Å². The summed E-state index contributed by atoms with van der Waals surface area (Å²) in [4.78, 5) is 11.2. The van der Waals surface area contributed by atoms with Crippen molar-refractivity contribution in [3.63, 3.8) is 0 Å². The molecule has 0 unspecified atom stereocenters. The summed E-state index contributed by atoms with van der Waals surface area (Å²) in [5, 5.41) is 13.4. The van der Waals surface area contributed by atoms with Crippen LogP contribution in [-0.4, -0.2) is 24.3 Å². The molecule has 1 aliphatic carbocycles. The molecule has 3 aromatic rings. The number of ether oxygens (including phenoxy) is 2. The van der Waals surface area contributed by atoms with Crippen molar-refractivity contribution in [3.05, 3.63) is 83.2 Å². The smallest absolute Gasteiger partial charge is 0.168 e. The van der Waals surface area contributed by atoms with Gasteiger partial charge in [-0.25, -0.2) is 5.06 Å². The monoisotopic (exact) mass is 504 g/mol. The van der Waals surface area contributed by atoms with E-state index in [0.717, 1.165) is 73.7 Å². The van der Waals surface area contributed by atoms with Crippen molar-refractivity contribution in [2.75, 3.05) is 19.3 Å². The molecule has 0 amide bonds. The minimum Gasteiger partial charge on any atom is -0.508 e. The predicted molar refractivity (Wildman–Crippen MR) is 147 cm³/mol. The molecule has 0 saturated heterocycles. The van der Waals surface area contributed by atoms with Gasteiger partial charge in [0.2, 0.25) is 0 Å². The number of hydrogen-bond acceptors (Lipinski definition) is 6. The molecule has 37 heavy (non-hydrogen) atoms. The molecule has 0 aliphatic heterocycles. The standard InChI is InChI=1S/C31H40N2O4/c1-4-5-12-24-15-16-26(29(34)21-24)31(18-10-7-11-19-31)33(37-22-25-13-8-6-9-14-25)28-17-20-32-27(23-35-2)30(28)36-3/h6,8-9,13-17,20-21,34H,4-5,7,10-12,18-19,22-23H2,1-3H3. The SMILES string of the molecule is CCCCc1ccc(C2(N(OCc3ccccc3)c3ccnc(COC)c3OC)CCCCC2)c(O)c1. The molecule has 1 aromatic heterocycles. The van der Waals surface area contributed by atoms with Gasteiger partial charge in [0.05, 0.1) is 25.9 Å². The zero-order valence-corrected chi connectivity index (χ0v) is 22.4. The number of phenolic OH excluding ortho intramolecular Hbond substituents is 1. The van der Waals surface area contributed by atoms with Crippen molar-refractivity contribution in [1.29, 1.82) is 0 Å². The fraction of sp³-hybridized carbons (Fsp3) is 0.452. The van der Waals surface area contributed by atoms with Crippen LogP contribution in [0.5, 0.6) is 11.5 Å². The molecule has 1 saturated carbocycles. The van der Waals surface area contributed by atoms with Gasteiger partial charge in [-0.3, -0.25) is 9.82 Å². The minimum absolute atomic E-state index is 0.327. The van der Waals surface area contributed by atoms with Crippen molar-refractivity contribution in [2.24, 2.45) is 0 Å². The molecule has 2 aromatic carbocycles. The first-order chi connectivity index (χ1) is 18.1. The second-order valence-electron chi connectivity index (χ2n) is 9.84. The summed E-state index contributed by atoms with van der Waals surface area (Å²) < 4.78 is 11.3. The first-order valence-corrected chi connectivity index (χ1v) is 13.4. The van der Waals surface area contributed by atoms with E-state index < -0.39 is 5.54 Å². The Morgan fingerprint density at radius 1 is 0.946 bits per heavy atom. The van der Waals surface area contributed by atoms with Gasteiger partial charge in [-0.15, -0.1) is 0 Å². The maximum Gasteiger partial charge on any atom is 0.168 e. The lowest BCUT2D eigenvalue weighted by atomic mass is 9.75. The molecular weight excluding hydrogens is 464 g/mol. The van der Waals surface area contributed by atoms with Crippen LogP contribution in [0.4, 0.5) is 5.69 Å². The van der Waals surface area contributed by atoms with Crippen molar-refractivity contribution in [1.82, 2.24) is 4.98 Å². The molecule has 1 heterocycles. The number of rotatable bonds is 12. The highest BCUT2D eigenvalue weighted by atomic mass is 16.7. The maximum absolute atomic E-state index is 11.4. The fourth-order valence-corrected chi connectivity index (χ4v) is 5.46. The van der Waals surface area contributed by atoms with Crippen LogP contribution in [0.2, 0.25) is 0 Å². The summed E-state index contributed by atoms with van der Waals surface area (Å²) in [7, 11) is 3.31. The van der Waals surface area contributed by atoms with E-state index in [9.17, 15) is 5.11 Å². The van der Waals surface area contributed by atoms with Crippen molar-refractivity contribution < 1.29 is 19.4 Å². The number of pyridine rings is 1. The van der Waals surface area contributed by atoms with Crippen LogP contribution in [0.3, 0.4) is 0 Å².